The predicted molar refractivity (Wildman–Crippen MR) is 144 cm³/mol. The quantitative estimate of drug-likeness (QED) is 0.166. The van der Waals surface area contributed by atoms with E-state index in [2.05, 4.69) is 10.1 Å². The molecule has 1 aliphatic heterocycles. The minimum atomic E-state index is -4.51. The summed E-state index contributed by atoms with van der Waals surface area (Å²) in [5, 5.41) is 4.26. The van der Waals surface area contributed by atoms with E-state index in [-0.39, 0.29) is 29.6 Å². The maximum absolute atomic E-state index is 14.1. The average molecular weight is 575 g/mol. The topological polar surface area (TPSA) is 67.7 Å². The standard InChI is InChI=1S/C30H31F5N4O2/c1-4-7-26(38-41-22-9-5-8-21(16-22)30(33,34)35)28-18(2)36-19(3)37-29(28)20-12-14-39(15-13-20)27(40)17-23-24(31)10-6-11-25(23)32/h5-6,8-11,16,20H,4,7,12-15,17H2,1-3H3. The number of likely N-dealkylation sites (tertiary alicyclic amines) is 1. The molecule has 0 atom stereocenters. The van der Waals surface area contributed by atoms with Gasteiger partial charge in [-0.15, -0.1) is 0 Å². The fraction of sp³-hybridized carbons (Fsp3) is 0.400. The maximum Gasteiger partial charge on any atom is 0.416 e. The SMILES string of the molecule is CCCC(=NOc1cccc(C(F)(F)F)c1)c1c(C)nc(C)nc1C1CCN(C(=O)Cc2c(F)cccc2F)CC1. The molecule has 0 spiro atoms. The second kappa shape index (κ2) is 12.7. The molecule has 218 valence electrons. The Balaban J connectivity index is 1.55. The summed E-state index contributed by atoms with van der Waals surface area (Å²) in [6.45, 7) is 6.30. The van der Waals surface area contributed by atoms with Crippen LogP contribution < -0.4 is 4.84 Å². The second-order valence-electron chi connectivity index (χ2n) is 10.1. The maximum atomic E-state index is 14.1. The lowest BCUT2D eigenvalue weighted by molar-refractivity contribution is -0.137. The smallest absolute Gasteiger partial charge is 0.357 e. The molecule has 4 rings (SSSR count). The van der Waals surface area contributed by atoms with E-state index in [9.17, 15) is 26.7 Å². The minimum absolute atomic E-state index is 0.0428. The van der Waals surface area contributed by atoms with Crippen LogP contribution >= 0.6 is 0 Å². The number of oxime groups is 1. The zero-order chi connectivity index (χ0) is 29.7. The number of carbonyl (C=O) groups is 1. The molecule has 2 heterocycles. The number of halogens is 5. The number of nitrogens with zero attached hydrogens (tertiary/aromatic N) is 4. The Hall–Kier alpha value is -3.89. The molecule has 0 unspecified atom stereocenters. The van der Waals surface area contributed by atoms with Crippen molar-refractivity contribution in [3.8, 4) is 5.75 Å². The van der Waals surface area contributed by atoms with Crippen molar-refractivity contribution >= 4 is 11.6 Å². The molecule has 1 fully saturated rings. The number of aryl methyl sites for hydroxylation is 2. The van der Waals surface area contributed by atoms with Crippen LogP contribution in [0, 0.1) is 25.5 Å². The first-order valence-electron chi connectivity index (χ1n) is 13.4. The number of aromatic nitrogens is 2. The Kier molecular flexibility index (Phi) is 9.35. The van der Waals surface area contributed by atoms with E-state index >= 15 is 0 Å². The zero-order valence-corrected chi connectivity index (χ0v) is 23.1. The number of rotatable bonds is 8. The number of benzene rings is 2. The summed E-state index contributed by atoms with van der Waals surface area (Å²) in [6, 6.07) is 8.04. The highest BCUT2D eigenvalue weighted by Gasteiger charge is 2.31. The first-order chi connectivity index (χ1) is 19.5. The third-order valence-corrected chi connectivity index (χ3v) is 7.05. The van der Waals surface area contributed by atoms with Crippen LogP contribution in [0.3, 0.4) is 0 Å². The molecular weight excluding hydrogens is 543 g/mol. The highest BCUT2D eigenvalue weighted by Crippen LogP contribution is 2.33. The molecule has 0 saturated carbocycles. The first kappa shape index (κ1) is 30.1. The third kappa shape index (κ3) is 7.25. The van der Waals surface area contributed by atoms with Crippen LogP contribution in [0.15, 0.2) is 47.6 Å². The van der Waals surface area contributed by atoms with E-state index in [1.165, 1.54) is 18.2 Å². The lowest BCUT2D eigenvalue weighted by atomic mass is 9.87. The molecule has 2 aromatic carbocycles. The third-order valence-electron chi connectivity index (χ3n) is 7.05. The van der Waals surface area contributed by atoms with Gasteiger partial charge >= 0.3 is 6.18 Å². The predicted octanol–water partition coefficient (Wildman–Crippen LogP) is 6.92. The molecule has 1 amide bonds. The Labute approximate surface area is 235 Å². The van der Waals surface area contributed by atoms with Crippen molar-refractivity contribution in [2.24, 2.45) is 5.16 Å². The number of carbonyl (C=O) groups excluding carboxylic acids is 1. The number of hydrogen-bond acceptors (Lipinski definition) is 5. The molecule has 11 heteroatoms. The van der Waals surface area contributed by atoms with Crippen LogP contribution in [0.25, 0.3) is 0 Å². The van der Waals surface area contributed by atoms with E-state index in [1.54, 1.807) is 11.8 Å². The molecule has 1 aliphatic rings. The van der Waals surface area contributed by atoms with Crippen molar-refractivity contribution in [3.63, 3.8) is 0 Å². The molecule has 0 bridgehead atoms. The Morgan fingerprint density at radius 2 is 1.71 bits per heavy atom. The van der Waals surface area contributed by atoms with Crippen molar-refractivity contribution in [2.45, 2.75) is 65.0 Å². The number of hydrogen-bond donors (Lipinski definition) is 0. The lowest BCUT2D eigenvalue weighted by Gasteiger charge is -2.33. The number of piperidine rings is 1. The average Bonchev–Trinajstić information content (AvgIpc) is 2.93. The summed E-state index contributed by atoms with van der Waals surface area (Å²) in [7, 11) is 0. The molecule has 3 aromatic rings. The number of alkyl halides is 3. The summed E-state index contributed by atoms with van der Waals surface area (Å²) in [5.74, 6) is -1.40. The summed E-state index contributed by atoms with van der Waals surface area (Å²) >= 11 is 0. The van der Waals surface area contributed by atoms with Crippen LogP contribution in [-0.2, 0) is 17.4 Å². The van der Waals surface area contributed by atoms with E-state index in [1.807, 2.05) is 13.8 Å². The van der Waals surface area contributed by atoms with Gasteiger partial charge in [-0.1, -0.05) is 30.6 Å². The molecule has 1 aromatic heterocycles. The number of amides is 1. The van der Waals surface area contributed by atoms with E-state index in [0.717, 1.165) is 30.0 Å². The van der Waals surface area contributed by atoms with Gasteiger partial charge in [-0.2, -0.15) is 13.2 Å². The van der Waals surface area contributed by atoms with Crippen LogP contribution in [0.2, 0.25) is 0 Å². The van der Waals surface area contributed by atoms with Gasteiger partial charge in [0.05, 0.1) is 29.1 Å². The Bertz CT molecular complexity index is 1410. The monoisotopic (exact) mass is 574 g/mol. The van der Waals surface area contributed by atoms with Crippen LogP contribution in [0.4, 0.5) is 22.0 Å². The molecule has 0 N–H and O–H groups in total. The molecule has 0 radical (unpaired) electrons. The summed E-state index contributed by atoms with van der Waals surface area (Å²) in [4.78, 5) is 29.2. The van der Waals surface area contributed by atoms with Gasteiger partial charge in [-0.05, 0) is 63.4 Å². The van der Waals surface area contributed by atoms with Crippen LogP contribution in [0.1, 0.15) is 72.4 Å². The summed E-state index contributed by atoms with van der Waals surface area (Å²) < 4.78 is 67.6. The largest absolute Gasteiger partial charge is 0.416 e. The normalized spacial score (nSPS) is 14.8. The van der Waals surface area contributed by atoms with Gasteiger partial charge < -0.3 is 9.74 Å². The van der Waals surface area contributed by atoms with Crippen molar-refractivity contribution in [3.05, 3.63) is 88.0 Å². The molecular formula is C30H31F5N4O2. The van der Waals surface area contributed by atoms with Gasteiger partial charge in [0.2, 0.25) is 5.91 Å². The molecule has 6 nitrogen and oxygen atoms in total. The Morgan fingerprint density at radius 1 is 1.05 bits per heavy atom. The van der Waals surface area contributed by atoms with Gasteiger partial charge in [0.25, 0.3) is 0 Å². The zero-order valence-electron chi connectivity index (χ0n) is 23.1. The van der Waals surface area contributed by atoms with Crippen molar-refractivity contribution in [1.82, 2.24) is 14.9 Å². The lowest BCUT2D eigenvalue weighted by Crippen LogP contribution is -2.39. The second-order valence-corrected chi connectivity index (χ2v) is 10.1. The van der Waals surface area contributed by atoms with Crippen molar-refractivity contribution in [2.75, 3.05) is 13.1 Å². The highest BCUT2D eigenvalue weighted by atomic mass is 19.4. The van der Waals surface area contributed by atoms with Crippen molar-refractivity contribution < 1.29 is 31.6 Å². The molecule has 1 saturated heterocycles. The molecule has 41 heavy (non-hydrogen) atoms. The van der Waals surface area contributed by atoms with E-state index < -0.39 is 23.4 Å². The van der Waals surface area contributed by atoms with Crippen LogP contribution in [0.5, 0.6) is 5.75 Å². The van der Waals surface area contributed by atoms with E-state index in [0.29, 0.717) is 61.6 Å². The van der Waals surface area contributed by atoms with Crippen molar-refractivity contribution in [1.29, 1.82) is 0 Å². The van der Waals surface area contributed by atoms with Gasteiger partial charge in [-0.3, -0.25) is 4.79 Å². The van der Waals surface area contributed by atoms with Gasteiger partial charge in [-0.25, -0.2) is 18.7 Å². The Morgan fingerprint density at radius 3 is 2.34 bits per heavy atom. The summed E-state index contributed by atoms with van der Waals surface area (Å²) in [6.07, 6.45) is -2.59. The van der Waals surface area contributed by atoms with Gasteiger partial charge in [0.1, 0.15) is 17.5 Å². The summed E-state index contributed by atoms with van der Waals surface area (Å²) in [5.41, 5.74) is 1.53. The fourth-order valence-corrected chi connectivity index (χ4v) is 5.05. The highest BCUT2D eigenvalue weighted by molar-refractivity contribution is 6.02. The van der Waals surface area contributed by atoms with Gasteiger partial charge in [0, 0.05) is 30.1 Å². The van der Waals surface area contributed by atoms with Crippen LogP contribution in [-0.4, -0.2) is 39.6 Å². The minimum Gasteiger partial charge on any atom is -0.357 e. The first-order valence-corrected chi connectivity index (χ1v) is 13.4. The molecule has 0 aliphatic carbocycles. The fourth-order valence-electron chi connectivity index (χ4n) is 5.05. The van der Waals surface area contributed by atoms with Gasteiger partial charge in [0.15, 0.2) is 5.75 Å². The van der Waals surface area contributed by atoms with E-state index in [4.69, 9.17) is 9.82 Å².